The topological polar surface area (TPSA) is 99.3 Å². The Bertz CT molecular complexity index is 814. The molecule has 0 aliphatic heterocycles. The van der Waals surface area contributed by atoms with Crippen molar-refractivity contribution in [2.45, 2.75) is 25.8 Å². The molecule has 3 heterocycles. The first kappa shape index (κ1) is 13.7. The van der Waals surface area contributed by atoms with E-state index in [0.717, 1.165) is 19.3 Å². The average molecular weight is 308 g/mol. The molecule has 0 unspecified atom stereocenters. The summed E-state index contributed by atoms with van der Waals surface area (Å²) in [6.45, 7) is 0.294. The van der Waals surface area contributed by atoms with Crippen LogP contribution in [-0.4, -0.2) is 31.1 Å². The molecule has 3 N–H and O–H groups in total. The Morgan fingerprint density at radius 1 is 1.30 bits per heavy atom. The SMILES string of the molecule is O=C(NCc1nc(-c2ccccn2)n[nH]1)c1cc2c([nH]1)CCC2. The number of aromatic amines is 2. The fraction of sp³-hybridized carbons (Fsp3) is 0.250. The van der Waals surface area contributed by atoms with Crippen LogP contribution in [0.3, 0.4) is 0 Å². The van der Waals surface area contributed by atoms with Crippen molar-refractivity contribution in [2.24, 2.45) is 0 Å². The molecule has 0 atom stereocenters. The summed E-state index contributed by atoms with van der Waals surface area (Å²) >= 11 is 0. The molecule has 1 amide bonds. The van der Waals surface area contributed by atoms with E-state index in [0.29, 0.717) is 29.6 Å². The Balaban J connectivity index is 1.41. The van der Waals surface area contributed by atoms with Crippen LogP contribution in [0.4, 0.5) is 0 Å². The Morgan fingerprint density at radius 2 is 2.26 bits per heavy atom. The van der Waals surface area contributed by atoms with Gasteiger partial charge in [-0.2, -0.15) is 5.10 Å². The largest absolute Gasteiger partial charge is 0.354 e. The highest BCUT2D eigenvalue weighted by molar-refractivity contribution is 5.92. The minimum absolute atomic E-state index is 0.129. The number of carbonyl (C=O) groups excluding carboxylic acids is 1. The van der Waals surface area contributed by atoms with Crippen LogP contribution < -0.4 is 5.32 Å². The first-order chi connectivity index (χ1) is 11.3. The molecule has 0 fully saturated rings. The quantitative estimate of drug-likeness (QED) is 0.682. The Hall–Kier alpha value is -2.96. The van der Waals surface area contributed by atoms with Crippen molar-refractivity contribution in [1.29, 1.82) is 0 Å². The highest BCUT2D eigenvalue weighted by Crippen LogP contribution is 2.22. The number of amides is 1. The Kier molecular flexibility index (Phi) is 3.38. The molecule has 7 nitrogen and oxygen atoms in total. The summed E-state index contributed by atoms with van der Waals surface area (Å²) in [6.07, 6.45) is 4.93. The van der Waals surface area contributed by atoms with Crippen molar-refractivity contribution in [1.82, 2.24) is 30.5 Å². The van der Waals surface area contributed by atoms with E-state index < -0.39 is 0 Å². The van der Waals surface area contributed by atoms with Crippen molar-refractivity contribution in [2.75, 3.05) is 0 Å². The van der Waals surface area contributed by atoms with Crippen LogP contribution >= 0.6 is 0 Å². The summed E-state index contributed by atoms with van der Waals surface area (Å²) in [7, 11) is 0. The number of nitrogens with one attached hydrogen (secondary N) is 3. The second-order valence-corrected chi connectivity index (χ2v) is 5.54. The van der Waals surface area contributed by atoms with E-state index in [4.69, 9.17) is 0 Å². The van der Waals surface area contributed by atoms with E-state index in [1.165, 1.54) is 11.3 Å². The highest BCUT2D eigenvalue weighted by atomic mass is 16.1. The van der Waals surface area contributed by atoms with Gasteiger partial charge in [-0.15, -0.1) is 0 Å². The van der Waals surface area contributed by atoms with Gasteiger partial charge in [-0.1, -0.05) is 6.07 Å². The third-order valence-corrected chi connectivity index (χ3v) is 3.95. The molecular formula is C16H16N6O. The lowest BCUT2D eigenvalue weighted by atomic mass is 10.2. The number of rotatable bonds is 4. The van der Waals surface area contributed by atoms with Gasteiger partial charge in [0.2, 0.25) is 0 Å². The maximum absolute atomic E-state index is 12.2. The monoisotopic (exact) mass is 308 g/mol. The number of aryl methyl sites for hydroxylation is 2. The van der Waals surface area contributed by atoms with Gasteiger partial charge in [-0.25, -0.2) is 4.98 Å². The molecule has 116 valence electrons. The summed E-state index contributed by atoms with van der Waals surface area (Å²) in [5.74, 6) is 0.988. The third-order valence-electron chi connectivity index (χ3n) is 3.95. The summed E-state index contributed by atoms with van der Waals surface area (Å²) in [5, 5.41) is 9.79. The summed E-state index contributed by atoms with van der Waals surface area (Å²) in [6, 6.07) is 7.50. The van der Waals surface area contributed by atoms with E-state index in [9.17, 15) is 4.79 Å². The van der Waals surface area contributed by atoms with Gasteiger partial charge in [0, 0.05) is 11.9 Å². The fourth-order valence-electron chi connectivity index (χ4n) is 2.81. The number of nitrogens with zero attached hydrogens (tertiary/aromatic N) is 3. The minimum atomic E-state index is -0.129. The van der Waals surface area contributed by atoms with Gasteiger partial charge in [0.25, 0.3) is 5.91 Å². The van der Waals surface area contributed by atoms with Crippen molar-refractivity contribution >= 4 is 5.91 Å². The van der Waals surface area contributed by atoms with Crippen LogP contribution in [0, 0.1) is 0 Å². The maximum Gasteiger partial charge on any atom is 0.268 e. The number of fused-ring (bicyclic) bond motifs is 1. The van der Waals surface area contributed by atoms with Gasteiger partial charge in [-0.05, 0) is 43.0 Å². The van der Waals surface area contributed by atoms with Gasteiger partial charge in [-0.3, -0.25) is 14.9 Å². The van der Waals surface area contributed by atoms with Gasteiger partial charge in [0.05, 0.1) is 6.54 Å². The first-order valence-corrected chi connectivity index (χ1v) is 7.61. The average Bonchev–Trinajstić information content (AvgIpc) is 3.29. The van der Waals surface area contributed by atoms with Crippen LogP contribution in [0.1, 0.15) is 34.0 Å². The Labute approximate surface area is 132 Å². The third kappa shape index (κ3) is 2.73. The van der Waals surface area contributed by atoms with Crippen LogP contribution in [0.25, 0.3) is 11.5 Å². The summed E-state index contributed by atoms with van der Waals surface area (Å²) in [5.41, 5.74) is 3.75. The zero-order valence-corrected chi connectivity index (χ0v) is 12.5. The molecular weight excluding hydrogens is 292 g/mol. The summed E-state index contributed by atoms with van der Waals surface area (Å²) in [4.78, 5) is 23.9. The van der Waals surface area contributed by atoms with Gasteiger partial charge >= 0.3 is 0 Å². The van der Waals surface area contributed by atoms with Crippen LogP contribution in [-0.2, 0) is 19.4 Å². The standard InChI is InChI=1S/C16H16N6O/c23-16(13-8-10-4-3-6-11(10)19-13)18-9-14-20-15(22-21-14)12-5-1-2-7-17-12/h1-2,5,7-8,19H,3-4,6,9H2,(H,18,23)(H,20,21,22). The number of hydrogen-bond acceptors (Lipinski definition) is 4. The highest BCUT2D eigenvalue weighted by Gasteiger charge is 2.17. The van der Waals surface area contributed by atoms with Crippen molar-refractivity contribution in [3.8, 4) is 11.5 Å². The molecule has 0 saturated carbocycles. The first-order valence-electron chi connectivity index (χ1n) is 7.61. The van der Waals surface area contributed by atoms with E-state index in [1.807, 2.05) is 24.3 Å². The van der Waals surface area contributed by atoms with E-state index in [1.54, 1.807) is 6.20 Å². The number of H-pyrrole nitrogens is 2. The number of hydrogen-bond donors (Lipinski definition) is 3. The lowest BCUT2D eigenvalue weighted by Crippen LogP contribution is -2.23. The molecule has 0 spiro atoms. The lowest BCUT2D eigenvalue weighted by Gasteiger charge is -2.01. The molecule has 23 heavy (non-hydrogen) atoms. The maximum atomic E-state index is 12.2. The molecule has 1 aliphatic rings. The van der Waals surface area contributed by atoms with E-state index in [2.05, 4.69) is 30.5 Å². The molecule has 1 aliphatic carbocycles. The molecule has 0 saturated heterocycles. The van der Waals surface area contributed by atoms with Crippen molar-refractivity contribution in [3.63, 3.8) is 0 Å². The van der Waals surface area contributed by atoms with Crippen molar-refractivity contribution in [3.05, 3.63) is 53.2 Å². The number of carbonyl (C=O) groups is 1. The summed E-state index contributed by atoms with van der Waals surface area (Å²) < 4.78 is 0. The minimum Gasteiger partial charge on any atom is -0.354 e. The van der Waals surface area contributed by atoms with Gasteiger partial charge in [0.1, 0.15) is 17.2 Å². The van der Waals surface area contributed by atoms with Crippen LogP contribution in [0.5, 0.6) is 0 Å². The van der Waals surface area contributed by atoms with Gasteiger partial charge < -0.3 is 10.3 Å². The fourth-order valence-corrected chi connectivity index (χ4v) is 2.81. The number of aromatic nitrogens is 5. The molecule has 0 bridgehead atoms. The smallest absolute Gasteiger partial charge is 0.268 e. The van der Waals surface area contributed by atoms with E-state index >= 15 is 0 Å². The second-order valence-electron chi connectivity index (χ2n) is 5.54. The van der Waals surface area contributed by atoms with Crippen LogP contribution in [0.2, 0.25) is 0 Å². The lowest BCUT2D eigenvalue weighted by molar-refractivity contribution is 0.0945. The molecule has 0 aromatic carbocycles. The predicted octanol–water partition coefficient (Wildman–Crippen LogP) is 1.61. The Morgan fingerprint density at radius 3 is 3.09 bits per heavy atom. The molecule has 4 rings (SSSR count). The molecule has 3 aromatic rings. The zero-order valence-electron chi connectivity index (χ0n) is 12.5. The molecule has 3 aromatic heterocycles. The second kappa shape index (κ2) is 5.68. The number of pyridine rings is 1. The van der Waals surface area contributed by atoms with Gasteiger partial charge in [0.15, 0.2) is 5.82 Å². The normalized spacial score (nSPS) is 13.0. The van der Waals surface area contributed by atoms with Crippen LogP contribution in [0.15, 0.2) is 30.5 Å². The zero-order chi connectivity index (χ0) is 15.6. The van der Waals surface area contributed by atoms with E-state index in [-0.39, 0.29) is 5.91 Å². The molecule has 0 radical (unpaired) electrons. The van der Waals surface area contributed by atoms with Crippen molar-refractivity contribution < 1.29 is 4.79 Å². The predicted molar refractivity (Wildman–Crippen MR) is 83.6 cm³/mol. The molecule has 7 heteroatoms.